The Morgan fingerprint density at radius 2 is 1.67 bits per heavy atom. The molecule has 0 aromatic heterocycles. The molecule has 0 aromatic carbocycles. The number of hydrogen-bond acceptors (Lipinski definition) is 2. The highest BCUT2D eigenvalue weighted by atomic mass is 15.1. The van der Waals surface area contributed by atoms with Crippen molar-refractivity contribution in [2.45, 2.75) is 60.4 Å². The van der Waals surface area contributed by atoms with Gasteiger partial charge < -0.3 is 9.80 Å². The van der Waals surface area contributed by atoms with Crippen molar-refractivity contribution >= 4 is 0 Å². The van der Waals surface area contributed by atoms with Gasteiger partial charge in [0, 0.05) is 12.6 Å². The van der Waals surface area contributed by atoms with Crippen molar-refractivity contribution in [1.82, 2.24) is 9.80 Å². The fourth-order valence-electron chi connectivity index (χ4n) is 2.88. The normalized spacial score (nSPS) is 18.7. The van der Waals surface area contributed by atoms with E-state index in [1.54, 1.807) is 0 Å². The third kappa shape index (κ3) is 6.75. The maximum atomic E-state index is 2.62. The molecule has 0 aliphatic carbocycles. The average Bonchev–Trinajstić information content (AvgIpc) is 2.26. The summed E-state index contributed by atoms with van der Waals surface area (Å²) in [6, 6.07) is 0.736. The Balaban J connectivity index is 0.00000289. The molecule has 1 heterocycles. The summed E-state index contributed by atoms with van der Waals surface area (Å²) in [5.74, 6) is 1.77. The lowest BCUT2D eigenvalue weighted by Gasteiger charge is -2.35. The zero-order chi connectivity index (χ0) is 12.8. The molecule has 0 saturated carbocycles. The Morgan fingerprint density at radius 1 is 1.11 bits per heavy atom. The van der Waals surface area contributed by atoms with E-state index in [0.717, 1.165) is 17.9 Å². The zero-order valence-electron chi connectivity index (χ0n) is 12.6. The maximum absolute atomic E-state index is 2.62. The van der Waals surface area contributed by atoms with E-state index in [9.17, 15) is 0 Å². The van der Waals surface area contributed by atoms with Crippen LogP contribution in [0, 0.1) is 11.8 Å². The second-order valence-electron chi connectivity index (χ2n) is 6.52. The van der Waals surface area contributed by atoms with Gasteiger partial charge in [-0.05, 0) is 71.6 Å². The molecule has 2 nitrogen and oxygen atoms in total. The van der Waals surface area contributed by atoms with Gasteiger partial charge in [0.05, 0.1) is 0 Å². The van der Waals surface area contributed by atoms with Crippen LogP contribution in [0.15, 0.2) is 0 Å². The molecule has 0 aromatic rings. The van der Waals surface area contributed by atoms with Gasteiger partial charge in [-0.3, -0.25) is 0 Å². The first-order valence-electron chi connectivity index (χ1n) is 7.41. The van der Waals surface area contributed by atoms with E-state index >= 15 is 0 Å². The third-order valence-electron chi connectivity index (χ3n) is 3.98. The maximum Gasteiger partial charge on any atom is 0.00385 e. The summed E-state index contributed by atoms with van der Waals surface area (Å²) < 4.78 is 0. The van der Waals surface area contributed by atoms with Crippen LogP contribution < -0.4 is 0 Å². The highest BCUT2D eigenvalue weighted by Gasteiger charge is 2.20. The first-order valence-corrected chi connectivity index (χ1v) is 7.41. The Hall–Kier alpha value is -0.0800. The zero-order valence-corrected chi connectivity index (χ0v) is 12.6. The Morgan fingerprint density at radius 3 is 2.11 bits per heavy atom. The first kappa shape index (κ1) is 17.9. The summed E-state index contributed by atoms with van der Waals surface area (Å²) in [6.45, 7) is 14.4. The molecule has 0 unspecified atom stereocenters. The summed E-state index contributed by atoms with van der Waals surface area (Å²) in [5, 5.41) is 0. The van der Waals surface area contributed by atoms with Crippen molar-refractivity contribution in [3.63, 3.8) is 0 Å². The molecule has 2 heteroatoms. The molecule has 18 heavy (non-hydrogen) atoms. The molecule has 1 fully saturated rings. The minimum atomic E-state index is 0. The summed E-state index contributed by atoms with van der Waals surface area (Å²) in [6.07, 6.45) is 4.22. The lowest BCUT2D eigenvalue weighted by molar-refractivity contribution is 0.138. The van der Waals surface area contributed by atoms with Crippen LogP contribution in [0.25, 0.3) is 0 Å². The fraction of sp³-hybridized carbons (Fsp3) is 1.00. The number of likely N-dealkylation sites (tertiary alicyclic amines) is 1. The SMILES string of the molecule is C.CC(C)CN(C)CCC1CCN(C(C)C)CC1. The van der Waals surface area contributed by atoms with Gasteiger partial charge in [0.25, 0.3) is 0 Å². The second kappa shape index (κ2) is 8.92. The van der Waals surface area contributed by atoms with Crippen LogP contribution in [0.3, 0.4) is 0 Å². The van der Waals surface area contributed by atoms with E-state index in [-0.39, 0.29) is 7.43 Å². The van der Waals surface area contributed by atoms with E-state index < -0.39 is 0 Å². The van der Waals surface area contributed by atoms with E-state index in [1.165, 1.54) is 45.4 Å². The van der Waals surface area contributed by atoms with Gasteiger partial charge >= 0.3 is 0 Å². The quantitative estimate of drug-likeness (QED) is 0.714. The minimum absolute atomic E-state index is 0. The average molecular weight is 256 g/mol. The molecule has 1 rings (SSSR count). The van der Waals surface area contributed by atoms with E-state index in [2.05, 4.69) is 44.5 Å². The highest BCUT2D eigenvalue weighted by Crippen LogP contribution is 2.22. The van der Waals surface area contributed by atoms with Gasteiger partial charge in [-0.15, -0.1) is 0 Å². The van der Waals surface area contributed by atoms with Crippen LogP contribution in [0.2, 0.25) is 0 Å². The predicted octanol–water partition coefficient (Wildman–Crippen LogP) is 3.72. The lowest BCUT2D eigenvalue weighted by Crippen LogP contribution is -2.39. The predicted molar refractivity (Wildman–Crippen MR) is 83.1 cm³/mol. The van der Waals surface area contributed by atoms with E-state index in [0.29, 0.717) is 0 Å². The largest absolute Gasteiger partial charge is 0.306 e. The summed E-state index contributed by atoms with van der Waals surface area (Å²) in [5.41, 5.74) is 0. The minimum Gasteiger partial charge on any atom is -0.306 e. The van der Waals surface area contributed by atoms with E-state index in [4.69, 9.17) is 0 Å². The van der Waals surface area contributed by atoms with Gasteiger partial charge in [-0.1, -0.05) is 21.3 Å². The number of hydrogen-bond donors (Lipinski definition) is 0. The molecule has 0 atom stereocenters. The smallest absolute Gasteiger partial charge is 0.00385 e. The van der Waals surface area contributed by atoms with Crippen molar-refractivity contribution in [2.24, 2.45) is 11.8 Å². The molecule has 1 saturated heterocycles. The molecule has 1 aliphatic heterocycles. The van der Waals surface area contributed by atoms with Crippen LogP contribution >= 0.6 is 0 Å². The molecular formula is C16H36N2. The van der Waals surface area contributed by atoms with Crippen molar-refractivity contribution in [2.75, 3.05) is 33.2 Å². The van der Waals surface area contributed by atoms with Gasteiger partial charge in [-0.25, -0.2) is 0 Å². The number of nitrogens with zero attached hydrogens (tertiary/aromatic N) is 2. The Kier molecular flexibility index (Phi) is 8.89. The molecule has 0 radical (unpaired) electrons. The lowest BCUT2D eigenvalue weighted by atomic mass is 9.92. The van der Waals surface area contributed by atoms with Crippen LogP contribution in [0.5, 0.6) is 0 Å². The van der Waals surface area contributed by atoms with Crippen LogP contribution in [0.1, 0.15) is 54.4 Å². The van der Waals surface area contributed by atoms with Crippen LogP contribution in [-0.2, 0) is 0 Å². The molecular weight excluding hydrogens is 220 g/mol. The van der Waals surface area contributed by atoms with Crippen LogP contribution in [-0.4, -0.2) is 49.1 Å². The van der Waals surface area contributed by atoms with E-state index in [1.807, 2.05) is 0 Å². The molecule has 110 valence electrons. The molecule has 1 aliphatic rings. The third-order valence-corrected chi connectivity index (χ3v) is 3.98. The van der Waals surface area contributed by atoms with Gasteiger partial charge in [0.2, 0.25) is 0 Å². The summed E-state index contributed by atoms with van der Waals surface area (Å²) in [7, 11) is 2.27. The van der Waals surface area contributed by atoms with Crippen molar-refractivity contribution in [1.29, 1.82) is 0 Å². The Bertz CT molecular complexity index is 193. The Labute approximate surface area is 116 Å². The van der Waals surface area contributed by atoms with Gasteiger partial charge in [-0.2, -0.15) is 0 Å². The monoisotopic (exact) mass is 256 g/mol. The second-order valence-corrected chi connectivity index (χ2v) is 6.52. The first-order chi connectivity index (χ1) is 7.99. The summed E-state index contributed by atoms with van der Waals surface area (Å²) in [4.78, 5) is 5.12. The molecule has 0 amide bonds. The molecule has 0 bridgehead atoms. The summed E-state index contributed by atoms with van der Waals surface area (Å²) >= 11 is 0. The molecule has 0 spiro atoms. The number of rotatable bonds is 6. The highest BCUT2D eigenvalue weighted by molar-refractivity contribution is 4.75. The van der Waals surface area contributed by atoms with Crippen molar-refractivity contribution in [3.8, 4) is 0 Å². The van der Waals surface area contributed by atoms with Gasteiger partial charge in [0.1, 0.15) is 0 Å². The standard InChI is InChI=1S/C15H32N2.CH4/c1-13(2)12-16(5)9-6-15-7-10-17(11-8-15)14(3)4;/h13-15H,6-12H2,1-5H3;1H4. The topological polar surface area (TPSA) is 6.48 Å². The van der Waals surface area contributed by atoms with Crippen molar-refractivity contribution in [3.05, 3.63) is 0 Å². The van der Waals surface area contributed by atoms with Gasteiger partial charge in [0.15, 0.2) is 0 Å². The van der Waals surface area contributed by atoms with Crippen molar-refractivity contribution < 1.29 is 0 Å². The molecule has 0 N–H and O–H groups in total. The number of piperidine rings is 1. The fourth-order valence-corrected chi connectivity index (χ4v) is 2.88. The van der Waals surface area contributed by atoms with Crippen LogP contribution in [0.4, 0.5) is 0 Å².